The maximum atomic E-state index is 10.9. The Morgan fingerprint density at radius 3 is 2.62 bits per heavy atom. The first-order valence-electron chi connectivity index (χ1n) is 4.05. The standard InChI is InChI=1S/C9H13N3O/c1-6-4-8(11-5-7(6)2)12-9(13)10-3/h4-5H,1-3H3,(H2,10,11,12,13). The summed E-state index contributed by atoms with van der Waals surface area (Å²) >= 11 is 0. The second-order valence-electron chi connectivity index (χ2n) is 2.86. The number of aryl methyl sites for hydroxylation is 2. The van der Waals surface area contributed by atoms with E-state index in [0.29, 0.717) is 5.82 Å². The Morgan fingerprint density at radius 1 is 1.38 bits per heavy atom. The van der Waals surface area contributed by atoms with Crippen LogP contribution in [0.2, 0.25) is 0 Å². The van der Waals surface area contributed by atoms with Crippen LogP contribution in [0.15, 0.2) is 12.3 Å². The monoisotopic (exact) mass is 179 g/mol. The van der Waals surface area contributed by atoms with Gasteiger partial charge in [-0.25, -0.2) is 9.78 Å². The molecule has 0 radical (unpaired) electrons. The molecule has 0 aliphatic heterocycles. The van der Waals surface area contributed by atoms with Crippen LogP contribution in [0, 0.1) is 13.8 Å². The van der Waals surface area contributed by atoms with E-state index in [1.54, 1.807) is 13.2 Å². The van der Waals surface area contributed by atoms with Crippen LogP contribution in [0.1, 0.15) is 11.1 Å². The van der Waals surface area contributed by atoms with Crippen LogP contribution < -0.4 is 10.6 Å². The van der Waals surface area contributed by atoms with Gasteiger partial charge in [0.05, 0.1) is 0 Å². The first kappa shape index (κ1) is 9.51. The van der Waals surface area contributed by atoms with Gasteiger partial charge in [0.15, 0.2) is 0 Å². The maximum Gasteiger partial charge on any atom is 0.320 e. The molecule has 70 valence electrons. The summed E-state index contributed by atoms with van der Waals surface area (Å²) in [4.78, 5) is 15.0. The molecule has 0 atom stereocenters. The minimum absolute atomic E-state index is 0.254. The van der Waals surface area contributed by atoms with Crippen molar-refractivity contribution in [1.29, 1.82) is 0 Å². The van der Waals surface area contributed by atoms with E-state index in [0.717, 1.165) is 11.1 Å². The van der Waals surface area contributed by atoms with Crippen LogP contribution in [-0.2, 0) is 0 Å². The smallest absolute Gasteiger partial charge is 0.320 e. The van der Waals surface area contributed by atoms with Crippen molar-refractivity contribution in [3.63, 3.8) is 0 Å². The minimum Gasteiger partial charge on any atom is -0.341 e. The number of hydrogen-bond acceptors (Lipinski definition) is 2. The van der Waals surface area contributed by atoms with Crippen molar-refractivity contribution in [1.82, 2.24) is 10.3 Å². The fourth-order valence-corrected chi connectivity index (χ4v) is 0.872. The predicted molar refractivity (Wildman–Crippen MR) is 51.8 cm³/mol. The van der Waals surface area contributed by atoms with Gasteiger partial charge >= 0.3 is 6.03 Å². The van der Waals surface area contributed by atoms with Crippen molar-refractivity contribution in [3.8, 4) is 0 Å². The molecule has 0 aliphatic rings. The van der Waals surface area contributed by atoms with Crippen molar-refractivity contribution in [2.45, 2.75) is 13.8 Å². The summed E-state index contributed by atoms with van der Waals surface area (Å²) in [6, 6.07) is 1.58. The number of nitrogens with zero attached hydrogens (tertiary/aromatic N) is 1. The molecule has 1 aromatic rings. The van der Waals surface area contributed by atoms with Crippen LogP contribution in [-0.4, -0.2) is 18.1 Å². The summed E-state index contributed by atoms with van der Waals surface area (Å²) in [5, 5.41) is 5.06. The highest BCUT2D eigenvalue weighted by Crippen LogP contribution is 2.09. The highest BCUT2D eigenvalue weighted by molar-refractivity contribution is 5.87. The number of aromatic nitrogens is 1. The molecule has 0 spiro atoms. The zero-order chi connectivity index (χ0) is 9.84. The predicted octanol–water partition coefficient (Wildman–Crippen LogP) is 1.45. The summed E-state index contributed by atoms with van der Waals surface area (Å²) in [5.41, 5.74) is 2.23. The van der Waals surface area contributed by atoms with Crippen molar-refractivity contribution in [2.24, 2.45) is 0 Å². The Morgan fingerprint density at radius 2 is 2.08 bits per heavy atom. The summed E-state index contributed by atoms with van der Waals surface area (Å²) in [5.74, 6) is 0.572. The van der Waals surface area contributed by atoms with Gasteiger partial charge in [-0.05, 0) is 31.0 Å². The fraction of sp³-hybridized carbons (Fsp3) is 0.333. The Hall–Kier alpha value is -1.58. The van der Waals surface area contributed by atoms with E-state index in [-0.39, 0.29) is 6.03 Å². The molecule has 0 fully saturated rings. The molecule has 4 heteroatoms. The minimum atomic E-state index is -0.254. The molecule has 13 heavy (non-hydrogen) atoms. The first-order valence-corrected chi connectivity index (χ1v) is 4.05. The highest BCUT2D eigenvalue weighted by atomic mass is 16.2. The average Bonchev–Trinajstić information content (AvgIpc) is 2.11. The Balaban J connectivity index is 2.79. The molecule has 0 unspecified atom stereocenters. The zero-order valence-electron chi connectivity index (χ0n) is 8.01. The van der Waals surface area contributed by atoms with Gasteiger partial charge in [0.25, 0.3) is 0 Å². The average molecular weight is 179 g/mol. The third kappa shape index (κ3) is 2.43. The van der Waals surface area contributed by atoms with Crippen LogP contribution >= 0.6 is 0 Å². The summed E-state index contributed by atoms with van der Waals surface area (Å²) in [7, 11) is 1.57. The molecule has 2 amide bonds. The molecule has 4 nitrogen and oxygen atoms in total. The van der Waals surface area contributed by atoms with Crippen molar-refractivity contribution >= 4 is 11.8 Å². The van der Waals surface area contributed by atoms with Crippen LogP contribution in [0.25, 0.3) is 0 Å². The number of carbonyl (C=O) groups is 1. The summed E-state index contributed by atoms with van der Waals surface area (Å²) in [6.45, 7) is 3.96. The lowest BCUT2D eigenvalue weighted by Crippen LogP contribution is -2.24. The Labute approximate surface area is 77.4 Å². The summed E-state index contributed by atoms with van der Waals surface area (Å²) < 4.78 is 0. The van der Waals surface area contributed by atoms with E-state index in [4.69, 9.17) is 0 Å². The summed E-state index contributed by atoms with van der Waals surface area (Å²) in [6.07, 6.45) is 1.74. The number of nitrogens with one attached hydrogen (secondary N) is 2. The molecule has 1 aromatic heterocycles. The zero-order valence-corrected chi connectivity index (χ0v) is 8.01. The van der Waals surface area contributed by atoms with Gasteiger partial charge in [-0.1, -0.05) is 0 Å². The van der Waals surface area contributed by atoms with Gasteiger partial charge in [-0.2, -0.15) is 0 Å². The maximum absolute atomic E-state index is 10.9. The van der Waals surface area contributed by atoms with Gasteiger partial charge in [0, 0.05) is 13.2 Å². The first-order chi connectivity index (χ1) is 6.13. The highest BCUT2D eigenvalue weighted by Gasteiger charge is 2.00. The Kier molecular flexibility index (Phi) is 2.84. The second kappa shape index (κ2) is 3.89. The van der Waals surface area contributed by atoms with E-state index in [1.807, 2.05) is 19.9 Å². The number of carbonyl (C=O) groups excluding carboxylic acids is 1. The fourth-order valence-electron chi connectivity index (χ4n) is 0.872. The second-order valence-corrected chi connectivity index (χ2v) is 2.86. The SMILES string of the molecule is CNC(=O)Nc1cc(C)c(C)cn1. The normalized spacial score (nSPS) is 9.46. The molecule has 0 bridgehead atoms. The number of pyridine rings is 1. The third-order valence-electron chi connectivity index (χ3n) is 1.84. The van der Waals surface area contributed by atoms with Crippen LogP contribution in [0.5, 0.6) is 0 Å². The van der Waals surface area contributed by atoms with Crippen molar-refractivity contribution < 1.29 is 4.79 Å². The molecule has 0 aromatic carbocycles. The van der Waals surface area contributed by atoms with Gasteiger partial charge < -0.3 is 5.32 Å². The lowest BCUT2D eigenvalue weighted by molar-refractivity contribution is 0.254. The molecular formula is C9H13N3O. The number of urea groups is 1. The van der Waals surface area contributed by atoms with E-state index in [2.05, 4.69) is 15.6 Å². The molecule has 0 aliphatic carbocycles. The molecule has 2 N–H and O–H groups in total. The van der Waals surface area contributed by atoms with Crippen molar-refractivity contribution in [3.05, 3.63) is 23.4 Å². The number of rotatable bonds is 1. The van der Waals surface area contributed by atoms with Crippen molar-refractivity contribution in [2.75, 3.05) is 12.4 Å². The lowest BCUT2D eigenvalue weighted by atomic mass is 10.2. The van der Waals surface area contributed by atoms with Gasteiger partial charge in [0.1, 0.15) is 5.82 Å². The Bertz CT molecular complexity index is 323. The molecule has 0 saturated carbocycles. The number of amides is 2. The molecule has 1 heterocycles. The van der Waals surface area contributed by atoms with Gasteiger partial charge in [-0.3, -0.25) is 5.32 Å². The molecule has 0 saturated heterocycles. The number of hydrogen-bond donors (Lipinski definition) is 2. The molecular weight excluding hydrogens is 166 g/mol. The molecule has 1 rings (SSSR count). The van der Waals surface area contributed by atoms with Gasteiger partial charge in [-0.15, -0.1) is 0 Å². The third-order valence-corrected chi connectivity index (χ3v) is 1.84. The quantitative estimate of drug-likeness (QED) is 0.685. The number of anilines is 1. The van der Waals surface area contributed by atoms with Crippen LogP contribution in [0.3, 0.4) is 0 Å². The lowest BCUT2D eigenvalue weighted by Gasteiger charge is -2.05. The van der Waals surface area contributed by atoms with E-state index in [1.165, 1.54) is 0 Å². The van der Waals surface area contributed by atoms with Crippen LogP contribution in [0.4, 0.5) is 10.6 Å². The van der Waals surface area contributed by atoms with Gasteiger partial charge in [0.2, 0.25) is 0 Å². The van der Waals surface area contributed by atoms with E-state index < -0.39 is 0 Å². The van der Waals surface area contributed by atoms with E-state index >= 15 is 0 Å². The topological polar surface area (TPSA) is 54.0 Å². The van der Waals surface area contributed by atoms with E-state index in [9.17, 15) is 4.79 Å². The largest absolute Gasteiger partial charge is 0.341 e.